The average Bonchev–Trinajstić information content (AvgIpc) is 2.74. The number of hydrogen-bond acceptors (Lipinski definition) is 6. The van der Waals surface area contributed by atoms with Crippen molar-refractivity contribution in [2.45, 2.75) is 26.8 Å². The number of nitrogens with one attached hydrogen (secondary N) is 1. The lowest BCUT2D eigenvalue weighted by atomic mass is 9.97. The van der Waals surface area contributed by atoms with Crippen molar-refractivity contribution in [2.75, 3.05) is 30.4 Å². The van der Waals surface area contributed by atoms with Crippen molar-refractivity contribution >= 4 is 21.2 Å². The molecule has 0 saturated heterocycles. The second-order valence-corrected chi connectivity index (χ2v) is 10.6. The summed E-state index contributed by atoms with van der Waals surface area (Å²) < 4.78 is 23.0. The average molecular weight is 437 g/mol. The lowest BCUT2D eigenvalue weighted by Gasteiger charge is -2.30. The summed E-state index contributed by atoms with van der Waals surface area (Å²) in [6.07, 6.45) is 5.86. The summed E-state index contributed by atoms with van der Waals surface area (Å²) in [4.78, 5) is 11.2. The summed E-state index contributed by atoms with van der Waals surface area (Å²) in [7, 11) is -2.95. The maximum Gasteiger partial charge on any atom is 0.159 e. The molecule has 0 radical (unpaired) electrons. The lowest BCUT2D eigenvalue weighted by Crippen LogP contribution is -2.34. The van der Waals surface area contributed by atoms with Gasteiger partial charge in [0.05, 0.1) is 5.75 Å². The Morgan fingerprint density at radius 3 is 2.61 bits per heavy atom. The van der Waals surface area contributed by atoms with Crippen LogP contribution in [0.1, 0.15) is 22.3 Å². The van der Waals surface area contributed by atoms with Crippen LogP contribution in [0.5, 0.6) is 0 Å². The van der Waals surface area contributed by atoms with E-state index in [1.165, 1.54) is 17.4 Å². The number of fused-ring (bicyclic) bond motifs is 1. The third-order valence-electron chi connectivity index (χ3n) is 5.66. The van der Waals surface area contributed by atoms with Crippen LogP contribution in [-0.4, -0.2) is 48.4 Å². The summed E-state index contributed by atoms with van der Waals surface area (Å²) in [5.74, 6) is 0.927. The fourth-order valence-electron chi connectivity index (χ4n) is 3.90. The van der Waals surface area contributed by atoms with Gasteiger partial charge in [0.2, 0.25) is 0 Å². The van der Waals surface area contributed by atoms with Gasteiger partial charge in [0.1, 0.15) is 9.84 Å². The Labute approximate surface area is 184 Å². The quantitative estimate of drug-likeness (QED) is 0.632. The van der Waals surface area contributed by atoms with Crippen molar-refractivity contribution in [1.82, 2.24) is 14.9 Å². The summed E-state index contributed by atoms with van der Waals surface area (Å²) in [6.45, 7) is 6.26. The number of aryl methyl sites for hydroxylation is 2. The van der Waals surface area contributed by atoms with Crippen molar-refractivity contribution in [2.24, 2.45) is 0 Å². The van der Waals surface area contributed by atoms with Crippen LogP contribution in [0, 0.1) is 13.8 Å². The van der Waals surface area contributed by atoms with Crippen molar-refractivity contribution in [3.63, 3.8) is 0 Å². The molecule has 0 aliphatic carbocycles. The molecule has 2 aromatic carbocycles. The molecule has 3 aromatic rings. The SMILES string of the molecule is Cc1cnc(-c2cc(Nc3cccc4c3CCN(CCS(C)(=O)=O)C4)ccc2C)nc1. The molecule has 0 atom stereocenters. The van der Waals surface area contributed by atoms with Crippen LogP contribution in [0.4, 0.5) is 11.4 Å². The Kier molecular flexibility index (Phi) is 6.07. The van der Waals surface area contributed by atoms with Gasteiger partial charge in [-0.1, -0.05) is 18.2 Å². The predicted molar refractivity (Wildman–Crippen MR) is 125 cm³/mol. The molecular weight excluding hydrogens is 408 g/mol. The first-order valence-corrected chi connectivity index (χ1v) is 12.5. The summed E-state index contributed by atoms with van der Waals surface area (Å²) in [5, 5.41) is 3.58. The molecule has 162 valence electrons. The highest BCUT2D eigenvalue weighted by Gasteiger charge is 2.20. The maximum absolute atomic E-state index is 11.5. The summed E-state index contributed by atoms with van der Waals surface area (Å²) >= 11 is 0. The van der Waals surface area contributed by atoms with Crippen molar-refractivity contribution in [1.29, 1.82) is 0 Å². The molecule has 7 heteroatoms. The molecule has 6 nitrogen and oxygen atoms in total. The van der Waals surface area contributed by atoms with Crippen molar-refractivity contribution < 1.29 is 8.42 Å². The van der Waals surface area contributed by atoms with Gasteiger partial charge in [0, 0.05) is 55.2 Å². The largest absolute Gasteiger partial charge is 0.355 e. The van der Waals surface area contributed by atoms with Crippen LogP contribution in [0.3, 0.4) is 0 Å². The molecule has 0 bridgehead atoms. The van der Waals surface area contributed by atoms with E-state index in [0.29, 0.717) is 6.54 Å². The van der Waals surface area contributed by atoms with Crippen molar-refractivity contribution in [3.05, 3.63) is 71.0 Å². The highest BCUT2D eigenvalue weighted by molar-refractivity contribution is 7.90. The molecule has 1 aromatic heterocycles. The second-order valence-electron chi connectivity index (χ2n) is 8.34. The minimum absolute atomic E-state index is 0.202. The van der Waals surface area contributed by atoms with E-state index in [-0.39, 0.29) is 5.75 Å². The van der Waals surface area contributed by atoms with E-state index in [2.05, 4.69) is 63.5 Å². The van der Waals surface area contributed by atoms with Gasteiger partial charge >= 0.3 is 0 Å². The normalized spacial score (nSPS) is 14.3. The number of hydrogen-bond donors (Lipinski definition) is 1. The number of rotatable bonds is 6. The van der Waals surface area contributed by atoms with E-state index in [1.54, 1.807) is 0 Å². The molecule has 0 saturated carbocycles. The highest BCUT2D eigenvalue weighted by Crippen LogP contribution is 2.31. The highest BCUT2D eigenvalue weighted by atomic mass is 32.2. The van der Waals surface area contributed by atoms with Gasteiger partial charge in [0.25, 0.3) is 0 Å². The van der Waals surface area contributed by atoms with E-state index < -0.39 is 9.84 Å². The predicted octanol–water partition coefficient (Wildman–Crippen LogP) is 3.91. The van der Waals surface area contributed by atoms with Gasteiger partial charge in [0.15, 0.2) is 5.82 Å². The molecule has 1 aliphatic heterocycles. The van der Waals surface area contributed by atoms with E-state index in [4.69, 9.17) is 0 Å². The number of anilines is 2. The number of nitrogens with zero attached hydrogens (tertiary/aromatic N) is 3. The molecule has 0 unspecified atom stereocenters. The molecule has 0 amide bonds. The Morgan fingerprint density at radius 1 is 1.10 bits per heavy atom. The van der Waals surface area contributed by atoms with E-state index in [1.807, 2.05) is 19.3 Å². The molecule has 31 heavy (non-hydrogen) atoms. The van der Waals surface area contributed by atoms with Gasteiger partial charge < -0.3 is 5.32 Å². The van der Waals surface area contributed by atoms with Crippen LogP contribution in [-0.2, 0) is 22.8 Å². The Balaban J connectivity index is 1.55. The third kappa shape index (κ3) is 5.29. The van der Waals surface area contributed by atoms with Crippen LogP contribution < -0.4 is 5.32 Å². The minimum Gasteiger partial charge on any atom is -0.355 e. The standard InChI is InChI=1S/C24H28N4O2S/c1-17-14-25-24(26-15-17)22-13-20(8-7-18(22)2)27-23-6-4-5-19-16-28(10-9-21(19)23)11-12-31(3,29)30/h4-8,13-15,27H,9-12,16H2,1-3H3. The first kappa shape index (κ1) is 21.5. The van der Waals surface area contributed by atoms with E-state index >= 15 is 0 Å². The van der Waals surface area contributed by atoms with Gasteiger partial charge in [-0.05, 0) is 60.7 Å². The third-order valence-corrected chi connectivity index (χ3v) is 6.59. The monoisotopic (exact) mass is 436 g/mol. The van der Waals surface area contributed by atoms with Gasteiger partial charge in [-0.2, -0.15) is 0 Å². The molecular formula is C24H28N4O2S. The molecule has 2 heterocycles. The molecule has 1 N–H and O–H groups in total. The number of aromatic nitrogens is 2. The fraction of sp³-hybridized carbons (Fsp3) is 0.333. The molecule has 4 rings (SSSR count). The fourth-order valence-corrected chi connectivity index (χ4v) is 4.49. The summed E-state index contributed by atoms with van der Waals surface area (Å²) in [5.41, 5.74) is 7.83. The zero-order chi connectivity index (χ0) is 22.0. The Bertz CT molecular complexity index is 1190. The van der Waals surface area contributed by atoms with Gasteiger partial charge in [-0.25, -0.2) is 18.4 Å². The molecule has 0 fully saturated rings. The zero-order valence-corrected chi connectivity index (χ0v) is 19.0. The van der Waals surface area contributed by atoms with Crippen LogP contribution in [0.15, 0.2) is 48.8 Å². The van der Waals surface area contributed by atoms with Crippen LogP contribution in [0.2, 0.25) is 0 Å². The van der Waals surface area contributed by atoms with Gasteiger partial charge in [-0.15, -0.1) is 0 Å². The number of sulfone groups is 1. The lowest BCUT2D eigenvalue weighted by molar-refractivity contribution is 0.269. The Hall–Kier alpha value is -2.77. The second kappa shape index (κ2) is 8.77. The summed E-state index contributed by atoms with van der Waals surface area (Å²) in [6, 6.07) is 12.6. The molecule has 0 spiro atoms. The van der Waals surface area contributed by atoms with Crippen LogP contribution >= 0.6 is 0 Å². The first-order chi connectivity index (χ1) is 14.8. The Morgan fingerprint density at radius 2 is 1.87 bits per heavy atom. The maximum atomic E-state index is 11.5. The molecule has 1 aliphatic rings. The van der Waals surface area contributed by atoms with E-state index in [0.717, 1.165) is 53.4 Å². The smallest absolute Gasteiger partial charge is 0.159 e. The number of benzene rings is 2. The zero-order valence-electron chi connectivity index (χ0n) is 18.2. The van der Waals surface area contributed by atoms with Crippen molar-refractivity contribution in [3.8, 4) is 11.4 Å². The van der Waals surface area contributed by atoms with Crippen LogP contribution in [0.25, 0.3) is 11.4 Å². The van der Waals surface area contributed by atoms with E-state index in [9.17, 15) is 8.42 Å². The minimum atomic E-state index is -2.95. The first-order valence-electron chi connectivity index (χ1n) is 10.5. The topological polar surface area (TPSA) is 75.2 Å². The van der Waals surface area contributed by atoms with Gasteiger partial charge in [-0.3, -0.25) is 4.90 Å².